The van der Waals surface area contributed by atoms with Gasteiger partial charge in [0.2, 0.25) is 5.91 Å². The van der Waals surface area contributed by atoms with Gasteiger partial charge in [0.05, 0.1) is 5.56 Å². The van der Waals surface area contributed by atoms with Gasteiger partial charge in [0.1, 0.15) is 0 Å². The topological polar surface area (TPSA) is 58.2 Å². The molecule has 2 N–H and O–H groups in total. The number of alkyl halides is 3. The van der Waals surface area contributed by atoms with Crippen LogP contribution in [-0.2, 0) is 11.0 Å². The minimum absolute atomic E-state index is 0.107. The summed E-state index contributed by atoms with van der Waals surface area (Å²) >= 11 is 0. The van der Waals surface area contributed by atoms with Gasteiger partial charge in [0, 0.05) is 24.1 Å². The first-order chi connectivity index (χ1) is 13.2. The van der Waals surface area contributed by atoms with Crippen LogP contribution in [0.2, 0.25) is 0 Å². The minimum atomic E-state index is -4.42. The molecule has 1 aromatic rings. The molecular weight excluding hydrogens is 369 g/mol. The number of amides is 2. The molecule has 4 fully saturated rings. The van der Waals surface area contributed by atoms with Crippen molar-refractivity contribution < 1.29 is 22.8 Å². The molecule has 4 aliphatic carbocycles. The molecular formula is C21H25F3N2O2. The van der Waals surface area contributed by atoms with Crippen molar-refractivity contribution in [3.05, 3.63) is 35.4 Å². The zero-order valence-electron chi connectivity index (χ0n) is 15.6. The third-order valence-electron chi connectivity index (χ3n) is 6.69. The predicted octanol–water partition coefficient (Wildman–Crippen LogP) is 3.77. The summed E-state index contributed by atoms with van der Waals surface area (Å²) in [5.41, 5.74) is -0.834. The number of nitrogens with one attached hydrogen (secondary N) is 2. The van der Waals surface area contributed by atoms with E-state index in [1.807, 2.05) is 0 Å². The highest BCUT2D eigenvalue weighted by Gasteiger charge is 2.54. The molecule has 2 amide bonds. The van der Waals surface area contributed by atoms with Gasteiger partial charge in [-0.05, 0) is 80.5 Å². The van der Waals surface area contributed by atoms with Crippen molar-refractivity contribution in [1.29, 1.82) is 0 Å². The van der Waals surface area contributed by atoms with Crippen LogP contribution < -0.4 is 10.6 Å². The molecule has 7 heteroatoms. The van der Waals surface area contributed by atoms with E-state index in [9.17, 15) is 22.8 Å². The Labute approximate surface area is 162 Å². The Kier molecular flexibility index (Phi) is 4.88. The van der Waals surface area contributed by atoms with Crippen molar-refractivity contribution in [3.8, 4) is 0 Å². The molecule has 4 bridgehead atoms. The Balaban J connectivity index is 1.24. The monoisotopic (exact) mass is 394 g/mol. The van der Waals surface area contributed by atoms with Gasteiger partial charge in [0.25, 0.3) is 5.91 Å². The molecule has 4 aliphatic rings. The molecule has 1 aromatic carbocycles. The molecule has 0 aliphatic heterocycles. The number of rotatable bonds is 5. The lowest BCUT2D eigenvalue weighted by molar-refractivity contribution is -0.146. The molecule has 152 valence electrons. The second-order valence-corrected chi connectivity index (χ2v) is 8.78. The maximum absolute atomic E-state index is 12.8. The van der Waals surface area contributed by atoms with Gasteiger partial charge in [0.15, 0.2) is 0 Å². The zero-order valence-corrected chi connectivity index (χ0v) is 15.6. The molecule has 28 heavy (non-hydrogen) atoms. The van der Waals surface area contributed by atoms with Crippen molar-refractivity contribution in [3.63, 3.8) is 0 Å². The fraction of sp³-hybridized carbons (Fsp3) is 0.619. The number of halogens is 3. The summed E-state index contributed by atoms with van der Waals surface area (Å²) in [5.74, 6) is 1.73. The normalized spacial score (nSPS) is 30.9. The largest absolute Gasteiger partial charge is 0.416 e. The van der Waals surface area contributed by atoms with E-state index in [2.05, 4.69) is 10.6 Å². The van der Waals surface area contributed by atoms with Crippen molar-refractivity contribution in [2.24, 2.45) is 23.2 Å². The van der Waals surface area contributed by atoms with Crippen molar-refractivity contribution in [2.45, 2.75) is 44.7 Å². The highest BCUT2D eigenvalue weighted by molar-refractivity contribution is 5.94. The van der Waals surface area contributed by atoms with Gasteiger partial charge in [-0.3, -0.25) is 9.59 Å². The summed E-state index contributed by atoms with van der Waals surface area (Å²) in [6.45, 7) is 0.574. The molecule has 0 radical (unpaired) electrons. The molecule has 4 saturated carbocycles. The molecule has 5 rings (SSSR count). The van der Waals surface area contributed by atoms with E-state index in [4.69, 9.17) is 0 Å². The molecule has 0 unspecified atom stereocenters. The van der Waals surface area contributed by atoms with E-state index in [-0.39, 0.29) is 23.4 Å². The van der Waals surface area contributed by atoms with Crippen LogP contribution in [0.3, 0.4) is 0 Å². The van der Waals surface area contributed by atoms with Gasteiger partial charge >= 0.3 is 6.18 Å². The number of hydrogen-bond acceptors (Lipinski definition) is 2. The number of benzene rings is 1. The van der Waals surface area contributed by atoms with E-state index in [1.165, 1.54) is 19.3 Å². The Hall–Kier alpha value is -2.05. The summed E-state index contributed by atoms with van der Waals surface area (Å²) in [6, 6.07) is 4.10. The molecule has 0 aromatic heterocycles. The first-order valence-corrected chi connectivity index (χ1v) is 9.99. The van der Waals surface area contributed by atoms with Crippen LogP contribution in [0.4, 0.5) is 13.2 Å². The van der Waals surface area contributed by atoms with Gasteiger partial charge < -0.3 is 10.6 Å². The summed E-state index contributed by atoms with van der Waals surface area (Å²) in [4.78, 5) is 24.9. The van der Waals surface area contributed by atoms with Gasteiger partial charge in [-0.1, -0.05) is 0 Å². The maximum atomic E-state index is 12.8. The standard InChI is InChI=1S/C21H25F3N2O2/c22-21(23,24)17-3-1-16(2-4-17)18(27)25-5-6-26-19(28)20-10-13-7-14(11-20)9-15(8-13)12-20/h1-4,13-15H,5-12H2,(H,25,27)(H,26,28). The van der Waals surface area contributed by atoms with E-state index >= 15 is 0 Å². The van der Waals surface area contributed by atoms with Gasteiger partial charge in [-0.2, -0.15) is 13.2 Å². The predicted molar refractivity (Wildman–Crippen MR) is 97.4 cm³/mol. The smallest absolute Gasteiger partial charge is 0.354 e. The van der Waals surface area contributed by atoms with Crippen LogP contribution in [-0.4, -0.2) is 24.9 Å². The highest BCUT2D eigenvalue weighted by atomic mass is 19.4. The molecule has 0 saturated heterocycles. The number of carbonyl (C=O) groups is 2. The SMILES string of the molecule is O=C(NCCNC(=O)C12CC3CC(CC(C3)C1)C2)c1ccc(C(F)(F)F)cc1. The average Bonchev–Trinajstić information content (AvgIpc) is 2.63. The lowest BCUT2D eigenvalue weighted by Gasteiger charge is -2.55. The van der Waals surface area contributed by atoms with Crippen LogP contribution in [0.25, 0.3) is 0 Å². The maximum Gasteiger partial charge on any atom is 0.416 e. The Morgan fingerprint density at radius 1 is 0.893 bits per heavy atom. The van der Waals surface area contributed by atoms with E-state index in [0.717, 1.165) is 43.5 Å². The van der Waals surface area contributed by atoms with E-state index < -0.39 is 17.6 Å². The second kappa shape index (κ2) is 7.08. The van der Waals surface area contributed by atoms with Crippen molar-refractivity contribution >= 4 is 11.8 Å². The molecule has 0 heterocycles. The van der Waals surface area contributed by atoms with Crippen LogP contribution in [0.15, 0.2) is 24.3 Å². The number of hydrogen-bond donors (Lipinski definition) is 2. The van der Waals surface area contributed by atoms with Crippen LogP contribution in [0.5, 0.6) is 0 Å². The van der Waals surface area contributed by atoms with Crippen molar-refractivity contribution in [1.82, 2.24) is 10.6 Å². The fourth-order valence-electron chi connectivity index (χ4n) is 5.84. The van der Waals surface area contributed by atoms with Crippen molar-refractivity contribution in [2.75, 3.05) is 13.1 Å². The van der Waals surface area contributed by atoms with Gasteiger partial charge in [-0.15, -0.1) is 0 Å². The summed E-state index contributed by atoms with van der Waals surface area (Å²) in [6.07, 6.45) is 2.37. The third kappa shape index (κ3) is 3.76. The first kappa shape index (κ1) is 19.3. The minimum Gasteiger partial charge on any atom is -0.354 e. The van der Waals surface area contributed by atoms with Crippen LogP contribution in [0.1, 0.15) is 54.4 Å². The lowest BCUT2D eigenvalue weighted by Crippen LogP contribution is -2.54. The third-order valence-corrected chi connectivity index (χ3v) is 6.69. The lowest BCUT2D eigenvalue weighted by atomic mass is 9.49. The summed E-state index contributed by atoms with van der Waals surface area (Å²) in [5, 5.41) is 5.62. The highest BCUT2D eigenvalue weighted by Crippen LogP contribution is 2.60. The van der Waals surface area contributed by atoms with Crippen LogP contribution in [0, 0.1) is 23.2 Å². The zero-order chi connectivity index (χ0) is 19.9. The van der Waals surface area contributed by atoms with E-state index in [1.54, 1.807) is 0 Å². The van der Waals surface area contributed by atoms with Crippen LogP contribution >= 0.6 is 0 Å². The Morgan fingerprint density at radius 3 is 1.89 bits per heavy atom. The fourth-order valence-corrected chi connectivity index (χ4v) is 5.84. The summed E-state index contributed by atoms with van der Waals surface area (Å²) < 4.78 is 37.7. The molecule has 0 spiro atoms. The Morgan fingerprint density at radius 2 is 1.39 bits per heavy atom. The molecule has 0 atom stereocenters. The number of carbonyl (C=O) groups excluding carboxylic acids is 2. The second-order valence-electron chi connectivity index (χ2n) is 8.78. The quantitative estimate of drug-likeness (QED) is 0.747. The van der Waals surface area contributed by atoms with E-state index in [0.29, 0.717) is 24.3 Å². The summed E-state index contributed by atoms with van der Waals surface area (Å²) in [7, 11) is 0. The molecule has 4 nitrogen and oxygen atoms in total. The van der Waals surface area contributed by atoms with Gasteiger partial charge in [-0.25, -0.2) is 0 Å². The first-order valence-electron chi connectivity index (χ1n) is 9.99. The average molecular weight is 394 g/mol. The Bertz CT molecular complexity index is 723.